The van der Waals surface area contributed by atoms with Crippen molar-refractivity contribution >= 4 is 21.6 Å². The van der Waals surface area contributed by atoms with Crippen molar-refractivity contribution in [1.29, 1.82) is 0 Å². The van der Waals surface area contributed by atoms with Crippen LogP contribution in [0.5, 0.6) is 0 Å². The Morgan fingerprint density at radius 1 is 1.41 bits per heavy atom. The zero-order valence-electron chi connectivity index (χ0n) is 13.2. The van der Waals surface area contributed by atoms with Crippen LogP contribution in [0.2, 0.25) is 0 Å². The minimum atomic E-state index is -0.199. The highest BCUT2D eigenvalue weighted by molar-refractivity contribution is 7.18. The number of rotatable bonds is 5. The summed E-state index contributed by atoms with van der Waals surface area (Å²) in [7, 11) is 1.75. The monoisotopic (exact) mass is 322 g/mol. The first-order chi connectivity index (χ1) is 10.5. The van der Waals surface area contributed by atoms with Gasteiger partial charge >= 0.3 is 5.69 Å². The van der Waals surface area contributed by atoms with Crippen LogP contribution in [0, 0.1) is 12.8 Å². The molecule has 2 heterocycles. The molecule has 2 aromatic heterocycles. The molecule has 22 heavy (non-hydrogen) atoms. The van der Waals surface area contributed by atoms with Crippen LogP contribution < -0.4 is 22.3 Å². The summed E-state index contributed by atoms with van der Waals surface area (Å²) in [5.74, 6) is 0.410. The quantitative estimate of drug-likeness (QED) is 0.794. The van der Waals surface area contributed by atoms with Gasteiger partial charge in [-0.15, -0.1) is 11.3 Å². The number of nitrogens with one attached hydrogen (secondary N) is 1. The van der Waals surface area contributed by atoms with Gasteiger partial charge in [0.25, 0.3) is 5.56 Å². The van der Waals surface area contributed by atoms with E-state index in [9.17, 15) is 9.59 Å². The lowest BCUT2D eigenvalue weighted by atomic mass is 10.2. The molecule has 0 radical (unpaired) electrons. The lowest BCUT2D eigenvalue weighted by molar-refractivity contribution is 0.597. The van der Waals surface area contributed by atoms with Crippen LogP contribution in [-0.4, -0.2) is 22.2 Å². The largest absolute Gasteiger partial charge is 0.332 e. The SMILES string of the molecule is Cc1c(CNCCN)sc2c1c(=O)n(C1CC1C)c(=O)n2C. The van der Waals surface area contributed by atoms with Gasteiger partial charge in [-0.1, -0.05) is 6.92 Å². The molecule has 2 atom stereocenters. The van der Waals surface area contributed by atoms with Crippen LogP contribution in [-0.2, 0) is 13.6 Å². The Kier molecular flexibility index (Phi) is 3.96. The van der Waals surface area contributed by atoms with Crippen molar-refractivity contribution < 1.29 is 0 Å². The molecular formula is C15H22N4O2S. The number of nitrogens with two attached hydrogens (primary N) is 1. The molecule has 1 aliphatic carbocycles. The van der Waals surface area contributed by atoms with E-state index in [1.165, 1.54) is 15.9 Å². The molecule has 3 rings (SSSR count). The zero-order valence-corrected chi connectivity index (χ0v) is 14.0. The number of hydrogen-bond acceptors (Lipinski definition) is 5. The highest BCUT2D eigenvalue weighted by atomic mass is 32.1. The normalized spacial score (nSPS) is 20.7. The van der Waals surface area contributed by atoms with Gasteiger partial charge in [0.15, 0.2) is 0 Å². The molecule has 0 aliphatic heterocycles. The third kappa shape index (κ3) is 2.33. The van der Waals surface area contributed by atoms with Crippen molar-refractivity contribution in [1.82, 2.24) is 14.5 Å². The molecule has 1 saturated carbocycles. The molecule has 2 aromatic rings. The third-order valence-corrected chi connectivity index (χ3v) is 5.83. The Bertz CT molecular complexity index is 833. The van der Waals surface area contributed by atoms with Gasteiger partial charge in [0, 0.05) is 37.6 Å². The summed E-state index contributed by atoms with van der Waals surface area (Å²) in [6.45, 7) is 6.02. The van der Waals surface area contributed by atoms with Crippen LogP contribution in [0.25, 0.3) is 10.2 Å². The average molecular weight is 322 g/mol. The van der Waals surface area contributed by atoms with E-state index in [-0.39, 0.29) is 17.3 Å². The van der Waals surface area contributed by atoms with E-state index in [1.54, 1.807) is 11.6 Å². The van der Waals surface area contributed by atoms with Crippen molar-refractivity contribution in [2.24, 2.45) is 18.7 Å². The van der Waals surface area contributed by atoms with Crippen LogP contribution in [0.4, 0.5) is 0 Å². The van der Waals surface area contributed by atoms with Gasteiger partial charge in [0.05, 0.1) is 5.39 Å². The molecule has 6 nitrogen and oxygen atoms in total. The predicted molar refractivity (Wildman–Crippen MR) is 89.6 cm³/mol. The van der Waals surface area contributed by atoms with Gasteiger partial charge in [-0.3, -0.25) is 13.9 Å². The molecule has 0 aromatic carbocycles. The summed E-state index contributed by atoms with van der Waals surface area (Å²) >= 11 is 1.52. The summed E-state index contributed by atoms with van der Waals surface area (Å²) in [6, 6.07) is 0.0636. The van der Waals surface area contributed by atoms with Crippen LogP contribution in [0.3, 0.4) is 0 Å². The number of aryl methyl sites for hydroxylation is 2. The van der Waals surface area contributed by atoms with Gasteiger partial charge < -0.3 is 11.1 Å². The first kappa shape index (κ1) is 15.5. The van der Waals surface area contributed by atoms with E-state index in [0.29, 0.717) is 24.4 Å². The Morgan fingerprint density at radius 3 is 2.68 bits per heavy atom. The lowest BCUT2D eigenvalue weighted by Gasteiger charge is -2.07. The van der Waals surface area contributed by atoms with Crippen LogP contribution in [0.15, 0.2) is 9.59 Å². The van der Waals surface area contributed by atoms with Gasteiger partial charge in [0.2, 0.25) is 0 Å². The summed E-state index contributed by atoms with van der Waals surface area (Å²) in [5, 5.41) is 3.94. The van der Waals surface area contributed by atoms with Crippen molar-refractivity contribution in [3.8, 4) is 0 Å². The second kappa shape index (κ2) is 5.64. The van der Waals surface area contributed by atoms with Crippen LogP contribution >= 0.6 is 11.3 Å². The van der Waals surface area contributed by atoms with Gasteiger partial charge in [0.1, 0.15) is 4.83 Å². The van der Waals surface area contributed by atoms with E-state index < -0.39 is 0 Å². The minimum Gasteiger partial charge on any atom is -0.329 e. The summed E-state index contributed by atoms with van der Waals surface area (Å²) in [6.07, 6.45) is 0.911. The molecule has 3 N–H and O–H groups in total. The van der Waals surface area contributed by atoms with Crippen molar-refractivity contribution in [2.75, 3.05) is 13.1 Å². The Balaban J connectivity index is 2.16. The Morgan fingerprint density at radius 2 is 2.09 bits per heavy atom. The summed E-state index contributed by atoms with van der Waals surface area (Å²) in [5.41, 5.74) is 6.14. The maximum Gasteiger partial charge on any atom is 0.332 e. The molecule has 0 saturated heterocycles. The number of hydrogen-bond donors (Lipinski definition) is 2. The maximum absolute atomic E-state index is 12.8. The zero-order chi connectivity index (χ0) is 16.0. The predicted octanol–water partition coefficient (Wildman–Crippen LogP) is 0.699. The number of aromatic nitrogens is 2. The molecule has 0 bridgehead atoms. The van der Waals surface area contributed by atoms with Crippen molar-refractivity contribution in [3.63, 3.8) is 0 Å². The molecule has 7 heteroatoms. The number of fused-ring (bicyclic) bond motifs is 1. The molecular weight excluding hydrogens is 300 g/mol. The molecule has 1 aliphatic rings. The minimum absolute atomic E-state index is 0.0636. The summed E-state index contributed by atoms with van der Waals surface area (Å²) in [4.78, 5) is 27.2. The van der Waals surface area contributed by atoms with Crippen molar-refractivity contribution in [3.05, 3.63) is 31.3 Å². The second-order valence-corrected chi connectivity index (χ2v) is 7.18. The highest BCUT2D eigenvalue weighted by Crippen LogP contribution is 2.41. The lowest BCUT2D eigenvalue weighted by Crippen LogP contribution is -2.38. The number of nitrogens with zero attached hydrogens (tertiary/aromatic N) is 2. The first-order valence-corrected chi connectivity index (χ1v) is 8.43. The van der Waals surface area contributed by atoms with Gasteiger partial charge in [-0.05, 0) is 24.8 Å². The second-order valence-electron chi connectivity index (χ2n) is 6.09. The third-order valence-electron chi connectivity index (χ3n) is 4.46. The van der Waals surface area contributed by atoms with E-state index in [2.05, 4.69) is 12.2 Å². The van der Waals surface area contributed by atoms with E-state index >= 15 is 0 Å². The van der Waals surface area contributed by atoms with Gasteiger partial charge in [-0.25, -0.2) is 4.79 Å². The standard InChI is InChI=1S/C15H22N4O2S/c1-8-6-10(8)19-13(20)12-9(2)11(7-17-5-4-16)22-14(12)18(3)15(19)21/h8,10,17H,4-7,16H2,1-3H3. The molecule has 0 amide bonds. The molecule has 2 unspecified atom stereocenters. The smallest absolute Gasteiger partial charge is 0.329 e. The summed E-state index contributed by atoms with van der Waals surface area (Å²) < 4.78 is 3.07. The highest BCUT2D eigenvalue weighted by Gasteiger charge is 2.37. The maximum atomic E-state index is 12.8. The fraction of sp³-hybridized carbons (Fsp3) is 0.600. The fourth-order valence-electron chi connectivity index (χ4n) is 2.92. The van der Waals surface area contributed by atoms with E-state index in [4.69, 9.17) is 5.73 Å². The topological polar surface area (TPSA) is 82.1 Å². The number of thiophene rings is 1. The fourth-order valence-corrected chi connectivity index (χ4v) is 4.14. The average Bonchev–Trinajstić information content (AvgIpc) is 3.09. The Hall–Kier alpha value is -1.44. The van der Waals surface area contributed by atoms with Crippen molar-refractivity contribution in [2.45, 2.75) is 32.9 Å². The van der Waals surface area contributed by atoms with Gasteiger partial charge in [-0.2, -0.15) is 0 Å². The molecule has 120 valence electrons. The Labute approximate surface area is 132 Å². The molecule has 0 spiro atoms. The van der Waals surface area contributed by atoms with E-state index in [1.807, 2.05) is 6.92 Å². The van der Waals surface area contributed by atoms with Crippen LogP contribution in [0.1, 0.15) is 29.8 Å². The van der Waals surface area contributed by atoms with E-state index in [0.717, 1.165) is 28.2 Å². The first-order valence-electron chi connectivity index (χ1n) is 7.61. The molecule has 1 fully saturated rings.